The van der Waals surface area contributed by atoms with Gasteiger partial charge in [-0.05, 0) is 23.4 Å². The molecule has 2 heterocycles. The van der Waals surface area contributed by atoms with Crippen molar-refractivity contribution in [2.24, 2.45) is 0 Å². The third-order valence-electron chi connectivity index (χ3n) is 3.35. The van der Waals surface area contributed by atoms with Gasteiger partial charge in [0.15, 0.2) is 5.89 Å². The van der Waals surface area contributed by atoms with Crippen LogP contribution in [0.1, 0.15) is 29.1 Å². The van der Waals surface area contributed by atoms with Crippen LogP contribution >= 0.6 is 0 Å². The van der Waals surface area contributed by atoms with E-state index in [1.54, 1.807) is 32.2 Å². The normalized spacial score (nSPS) is 10.6. The van der Waals surface area contributed by atoms with E-state index in [9.17, 15) is 4.79 Å². The molecule has 0 saturated carbocycles. The summed E-state index contributed by atoms with van der Waals surface area (Å²) in [6.07, 6.45) is 2.07. The number of hydrogen-bond donors (Lipinski definition) is 1. The highest BCUT2D eigenvalue weighted by Crippen LogP contribution is 2.24. The van der Waals surface area contributed by atoms with Crippen LogP contribution in [0.15, 0.2) is 28.9 Å². The lowest BCUT2D eigenvalue weighted by molar-refractivity contribution is 0.0994. The quantitative estimate of drug-likeness (QED) is 0.760. The van der Waals surface area contributed by atoms with Gasteiger partial charge in [0.2, 0.25) is 5.76 Å². The molecular weight excluding hydrogens is 312 g/mol. The van der Waals surface area contributed by atoms with Gasteiger partial charge in [-0.2, -0.15) is 0 Å². The van der Waals surface area contributed by atoms with E-state index in [1.165, 1.54) is 11.0 Å². The number of methoxy groups -OCH3 is 1. The molecule has 0 aliphatic carbocycles. The predicted octanol–water partition coefficient (Wildman–Crippen LogP) is 1.78. The molecule has 24 heavy (non-hydrogen) atoms. The van der Waals surface area contributed by atoms with Crippen LogP contribution in [0.5, 0.6) is 5.75 Å². The van der Waals surface area contributed by atoms with Crippen LogP contribution in [0, 0.1) is 6.92 Å². The zero-order valence-electron chi connectivity index (χ0n) is 13.5. The lowest BCUT2D eigenvalue weighted by Gasteiger charge is -2.09. The van der Waals surface area contributed by atoms with Gasteiger partial charge in [-0.3, -0.25) is 4.79 Å². The number of aromatic nitrogens is 5. The van der Waals surface area contributed by atoms with E-state index in [-0.39, 0.29) is 11.7 Å². The van der Waals surface area contributed by atoms with Crippen molar-refractivity contribution in [2.75, 3.05) is 12.4 Å². The third kappa shape index (κ3) is 3.09. The third-order valence-corrected chi connectivity index (χ3v) is 3.35. The van der Waals surface area contributed by atoms with Gasteiger partial charge in [-0.1, -0.05) is 6.92 Å². The number of aryl methyl sites for hydroxylation is 2. The fourth-order valence-corrected chi connectivity index (χ4v) is 2.19. The van der Waals surface area contributed by atoms with Crippen molar-refractivity contribution in [2.45, 2.75) is 20.3 Å². The van der Waals surface area contributed by atoms with Crippen LogP contribution in [0.2, 0.25) is 0 Å². The largest absolute Gasteiger partial charge is 0.497 e. The van der Waals surface area contributed by atoms with Gasteiger partial charge >= 0.3 is 0 Å². The second-order valence-corrected chi connectivity index (χ2v) is 5.00. The molecule has 124 valence electrons. The number of oxazole rings is 1. The Morgan fingerprint density at radius 2 is 2.21 bits per heavy atom. The summed E-state index contributed by atoms with van der Waals surface area (Å²) in [5.74, 6) is 0.897. The first-order valence-corrected chi connectivity index (χ1v) is 7.30. The highest BCUT2D eigenvalue weighted by Gasteiger charge is 2.17. The number of ether oxygens (including phenoxy) is 1. The molecule has 1 amide bonds. The molecule has 0 radical (unpaired) electrons. The lowest BCUT2D eigenvalue weighted by Crippen LogP contribution is -2.13. The molecule has 0 unspecified atom stereocenters. The van der Waals surface area contributed by atoms with Crippen LogP contribution in [0.25, 0.3) is 5.69 Å². The Kier molecular flexibility index (Phi) is 4.23. The Labute approximate surface area is 137 Å². The van der Waals surface area contributed by atoms with Gasteiger partial charge in [0.1, 0.15) is 12.1 Å². The summed E-state index contributed by atoms with van der Waals surface area (Å²) in [5, 5.41) is 13.8. The maximum Gasteiger partial charge on any atom is 0.293 e. The van der Waals surface area contributed by atoms with Crippen LogP contribution in [-0.2, 0) is 6.42 Å². The van der Waals surface area contributed by atoms with Crippen molar-refractivity contribution in [3.05, 3.63) is 41.9 Å². The molecule has 2 aromatic heterocycles. The average Bonchev–Trinajstić information content (AvgIpc) is 3.23. The highest BCUT2D eigenvalue weighted by molar-refractivity contribution is 6.03. The molecule has 0 saturated heterocycles. The zero-order valence-corrected chi connectivity index (χ0v) is 13.5. The summed E-state index contributed by atoms with van der Waals surface area (Å²) in [4.78, 5) is 16.6. The zero-order chi connectivity index (χ0) is 17.1. The molecule has 3 rings (SSSR count). The number of anilines is 1. The Morgan fingerprint density at radius 3 is 2.83 bits per heavy atom. The number of hydrogen-bond acceptors (Lipinski definition) is 7. The molecular formula is C15H16N6O3. The van der Waals surface area contributed by atoms with Crippen molar-refractivity contribution < 1.29 is 13.9 Å². The number of rotatable bonds is 5. The summed E-state index contributed by atoms with van der Waals surface area (Å²) < 4.78 is 12.2. The number of tetrazole rings is 1. The van der Waals surface area contributed by atoms with E-state index in [0.717, 1.165) is 0 Å². The lowest BCUT2D eigenvalue weighted by atomic mass is 10.2. The maximum atomic E-state index is 12.4. The van der Waals surface area contributed by atoms with Crippen LogP contribution in [0.3, 0.4) is 0 Å². The van der Waals surface area contributed by atoms with E-state index in [1.807, 2.05) is 6.92 Å². The number of carbonyl (C=O) groups is 1. The molecule has 1 N–H and O–H groups in total. The second-order valence-electron chi connectivity index (χ2n) is 5.00. The van der Waals surface area contributed by atoms with E-state index < -0.39 is 0 Å². The number of carbonyl (C=O) groups excluding carboxylic acids is 1. The standard InChI is InChI=1S/C15H16N6O3/c1-4-13-17-9(2)14(24-13)15(22)18-10-5-11(7-12(6-10)23-3)21-8-16-19-20-21/h5-8H,4H2,1-3H3,(H,18,22). The summed E-state index contributed by atoms with van der Waals surface area (Å²) >= 11 is 0. The fourth-order valence-electron chi connectivity index (χ4n) is 2.19. The monoisotopic (exact) mass is 328 g/mol. The molecule has 0 fully saturated rings. The first kappa shape index (κ1) is 15.7. The predicted molar refractivity (Wildman–Crippen MR) is 84.3 cm³/mol. The summed E-state index contributed by atoms with van der Waals surface area (Å²) in [6, 6.07) is 5.17. The molecule has 9 heteroatoms. The minimum Gasteiger partial charge on any atom is -0.497 e. The van der Waals surface area contributed by atoms with E-state index in [4.69, 9.17) is 9.15 Å². The molecule has 0 bridgehead atoms. The van der Waals surface area contributed by atoms with Crippen molar-refractivity contribution in [1.29, 1.82) is 0 Å². The SMILES string of the molecule is CCc1nc(C)c(C(=O)Nc2cc(OC)cc(-n3cnnn3)c2)o1. The Hall–Kier alpha value is -3.23. The van der Waals surface area contributed by atoms with Crippen LogP contribution in [0.4, 0.5) is 5.69 Å². The minimum absolute atomic E-state index is 0.193. The van der Waals surface area contributed by atoms with Crippen molar-refractivity contribution in [3.8, 4) is 11.4 Å². The smallest absolute Gasteiger partial charge is 0.293 e. The van der Waals surface area contributed by atoms with Gasteiger partial charge in [0, 0.05) is 24.2 Å². The number of nitrogens with zero attached hydrogens (tertiary/aromatic N) is 5. The van der Waals surface area contributed by atoms with Crippen LogP contribution < -0.4 is 10.1 Å². The fraction of sp³-hybridized carbons (Fsp3) is 0.267. The summed E-state index contributed by atoms with van der Waals surface area (Å²) in [6.45, 7) is 3.64. The van der Waals surface area contributed by atoms with Gasteiger partial charge < -0.3 is 14.5 Å². The second kappa shape index (κ2) is 6.49. The first-order valence-electron chi connectivity index (χ1n) is 7.30. The Bertz CT molecular complexity index is 856. The van der Waals surface area contributed by atoms with E-state index >= 15 is 0 Å². The highest BCUT2D eigenvalue weighted by atomic mass is 16.5. The molecule has 0 spiro atoms. The molecule has 0 atom stereocenters. The van der Waals surface area contributed by atoms with Crippen molar-refractivity contribution in [1.82, 2.24) is 25.2 Å². The molecule has 9 nitrogen and oxygen atoms in total. The maximum absolute atomic E-state index is 12.4. The van der Waals surface area contributed by atoms with Crippen molar-refractivity contribution >= 4 is 11.6 Å². The number of benzene rings is 1. The minimum atomic E-state index is -0.379. The number of nitrogens with one attached hydrogen (secondary N) is 1. The van der Waals surface area contributed by atoms with Crippen molar-refractivity contribution in [3.63, 3.8) is 0 Å². The van der Waals surface area contributed by atoms with E-state index in [2.05, 4.69) is 25.8 Å². The van der Waals surface area contributed by atoms with Crippen LogP contribution in [-0.4, -0.2) is 38.2 Å². The first-order chi connectivity index (χ1) is 11.6. The topological polar surface area (TPSA) is 108 Å². The van der Waals surface area contributed by atoms with Gasteiger partial charge in [-0.25, -0.2) is 9.67 Å². The molecule has 1 aromatic carbocycles. The van der Waals surface area contributed by atoms with Gasteiger partial charge in [0.25, 0.3) is 5.91 Å². The molecule has 0 aliphatic heterocycles. The summed E-state index contributed by atoms with van der Waals surface area (Å²) in [5.41, 5.74) is 1.73. The van der Waals surface area contributed by atoms with Gasteiger partial charge in [0.05, 0.1) is 18.5 Å². The Balaban J connectivity index is 1.90. The molecule has 0 aliphatic rings. The van der Waals surface area contributed by atoms with Gasteiger partial charge in [-0.15, -0.1) is 5.10 Å². The Morgan fingerprint density at radius 1 is 1.38 bits per heavy atom. The number of amides is 1. The van der Waals surface area contributed by atoms with E-state index in [0.29, 0.717) is 35.1 Å². The summed E-state index contributed by atoms with van der Waals surface area (Å²) in [7, 11) is 1.54. The molecule has 3 aromatic rings. The average molecular weight is 328 g/mol.